The van der Waals surface area contributed by atoms with Gasteiger partial charge in [-0.2, -0.15) is 0 Å². The van der Waals surface area contributed by atoms with Crippen LogP contribution in [0, 0.1) is 0 Å². The summed E-state index contributed by atoms with van der Waals surface area (Å²) < 4.78 is 0. The number of hydrogen-bond acceptors (Lipinski definition) is 1. The summed E-state index contributed by atoms with van der Waals surface area (Å²) in [7, 11) is 0. The maximum atomic E-state index is 5.59. The Morgan fingerprint density at radius 3 is 2.62 bits per heavy atom. The molecule has 0 radical (unpaired) electrons. The van der Waals surface area contributed by atoms with Gasteiger partial charge in [-0.15, -0.1) is 22.9 Å². The molecule has 0 spiro atoms. The average molecular weight is 167 g/mol. The molecule has 0 amide bonds. The van der Waals surface area contributed by atoms with Gasteiger partial charge >= 0.3 is 0 Å². The fraction of sp³-hybridized carbons (Fsp3) is 0.200. The molecule has 1 heterocycles. The molecule has 0 bridgehead atoms. The highest BCUT2D eigenvalue weighted by atomic mass is 35.5. The van der Waals surface area contributed by atoms with E-state index in [2.05, 4.69) is 0 Å². The average Bonchev–Trinajstić information content (AvgIpc) is 2.14. The largest absolute Gasteiger partial charge is 0.146 e. The lowest BCUT2D eigenvalue weighted by Gasteiger charge is -1.77. The van der Waals surface area contributed by atoms with E-state index < -0.39 is 0 Å². The molecule has 0 N–H and O–H groups in total. The van der Waals surface area contributed by atoms with E-state index in [1.165, 1.54) is 0 Å². The summed E-state index contributed by atoms with van der Waals surface area (Å²) in [6.07, 6.45) is 0. The van der Waals surface area contributed by atoms with Crippen LogP contribution >= 0.6 is 34.5 Å². The minimum atomic E-state index is 0.567. The number of hydrogen-bond donors (Lipinski definition) is 0. The quantitative estimate of drug-likeness (QED) is 0.563. The van der Waals surface area contributed by atoms with Gasteiger partial charge in [0.2, 0.25) is 0 Å². The molecular weight excluding hydrogens is 163 g/mol. The highest BCUT2D eigenvalue weighted by molar-refractivity contribution is 7.10. The highest BCUT2D eigenvalue weighted by Crippen LogP contribution is 2.19. The Morgan fingerprint density at radius 1 is 1.62 bits per heavy atom. The first-order valence-electron chi connectivity index (χ1n) is 2.12. The van der Waals surface area contributed by atoms with Crippen LogP contribution in [0.2, 0.25) is 5.02 Å². The van der Waals surface area contributed by atoms with Crippen molar-refractivity contribution in [2.24, 2.45) is 0 Å². The molecular formula is C5H4Cl2S. The fourth-order valence-corrected chi connectivity index (χ4v) is 1.61. The molecule has 0 saturated heterocycles. The Bertz CT molecular complexity index is 171. The smallest absolute Gasteiger partial charge is 0.0568 e. The van der Waals surface area contributed by atoms with Crippen molar-refractivity contribution in [2.45, 2.75) is 5.88 Å². The zero-order valence-electron chi connectivity index (χ0n) is 4.03. The molecule has 0 aliphatic carbocycles. The molecule has 0 saturated carbocycles. The second-order valence-corrected chi connectivity index (χ2v) is 3.06. The molecule has 8 heavy (non-hydrogen) atoms. The maximum Gasteiger partial charge on any atom is 0.0568 e. The molecule has 0 nitrogen and oxygen atoms in total. The fourth-order valence-electron chi connectivity index (χ4n) is 0.424. The number of rotatable bonds is 1. The van der Waals surface area contributed by atoms with E-state index in [1.54, 1.807) is 11.3 Å². The van der Waals surface area contributed by atoms with Crippen LogP contribution < -0.4 is 0 Å². The molecule has 0 aliphatic rings. The van der Waals surface area contributed by atoms with Crippen LogP contribution in [-0.4, -0.2) is 0 Å². The summed E-state index contributed by atoms with van der Waals surface area (Å²) in [5.74, 6) is 0.567. The number of halogens is 2. The number of alkyl halides is 1. The Balaban J connectivity index is 2.84. The summed E-state index contributed by atoms with van der Waals surface area (Å²) in [5, 5.41) is 2.66. The summed E-state index contributed by atoms with van der Waals surface area (Å²) in [6, 6.07) is 1.87. The van der Waals surface area contributed by atoms with Crippen molar-refractivity contribution in [1.82, 2.24) is 0 Å². The molecule has 0 aromatic carbocycles. The molecule has 44 valence electrons. The van der Waals surface area contributed by atoms with Gasteiger partial charge in [0.1, 0.15) is 0 Å². The second-order valence-electron chi connectivity index (χ2n) is 1.36. The van der Waals surface area contributed by atoms with Gasteiger partial charge in [-0.3, -0.25) is 0 Å². The second kappa shape index (κ2) is 2.72. The predicted octanol–water partition coefficient (Wildman–Crippen LogP) is 3.14. The van der Waals surface area contributed by atoms with Crippen molar-refractivity contribution in [1.29, 1.82) is 0 Å². The SMILES string of the molecule is ClCc1cc(Cl)cs1. The van der Waals surface area contributed by atoms with Crippen LogP contribution in [0.25, 0.3) is 0 Å². The van der Waals surface area contributed by atoms with Crippen molar-refractivity contribution in [3.05, 3.63) is 21.3 Å². The van der Waals surface area contributed by atoms with E-state index >= 15 is 0 Å². The van der Waals surface area contributed by atoms with E-state index in [0.29, 0.717) is 5.88 Å². The molecule has 1 aromatic heterocycles. The first-order chi connectivity index (χ1) is 3.83. The third kappa shape index (κ3) is 1.38. The summed E-state index contributed by atoms with van der Waals surface area (Å²) in [6.45, 7) is 0. The van der Waals surface area contributed by atoms with Crippen LogP contribution in [0.1, 0.15) is 4.88 Å². The van der Waals surface area contributed by atoms with Gasteiger partial charge in [0.15, 0.2) is 0 Å². The van der Waals surface area contributed by atoms with Gasteiger partial charge in [0.05, 0.1) is 10.9 Å². The van der Waals surface area contributed by atoms with E-state index in [4.69, 9.17) is 23.2 Å². The Kier molecular flexibility index (Phi) is 2.17. The van der Waals surface area contributed by atoms with Gasteiger partial charge in [-0.1, -0.05) is 11.6 Å². The lowest BCUT2D eigenvalue weighted by Crippen LogP contribution is -1.59. The van der Waals surface area contributed by atoms with Gasteiger partial charge in [-0.05, 0) is 6.07 Å². The molecule has 0 fully saturated rings. The molecule has 1 aromatic rings. The van der Waals surface area contributed by atoms with Crippen molar-refractivity contribution >= 4 is 34.5 Å². The zero-order valence-corrected chi connectivity index (χ0v) is 6.35. The van der Waals surface area contributed by atoms with Crippen LogP contribution in [0.3, 0.4) is 0 Å². The van der Waals surface area contributed by atoms with Crippen LogP contribution in [0.15, 0.2) is 11.4 Å². The predicted molar refractivity (Wildman–Crippen MR) is 38.9 cm³/mol. The summed E-state index contributed by atoms with van der Waals surface area (Å²) in [5.41, 5.74) is 0. The third-order valence-corrected chi connectivity index (χ3v) is 2.48. The Morgan fingerprint density at radius 2 is 2.38 bits per heavy atom. The van der Waals surface area contributed by atoms with Crippen molar-refractivity contribution in [3.63, 3.8) is 0 Å². The topological polar surface area (TPSA) is 0 Å². The minimum Gasteiger partial charge on any atom is -0.146 e. The summed E-state index contributed by atoms with van der Waals surface area (Å²) in [4.78, 5) is 1.12. The van der Waals surface area contributed by atoms with Crippen LogP contribution in [-0.2, 0) is 5.88 Å². The number of thiophene rings is 1. The molecule has 1 rings (SSSR count). The van der Waals surface area contributed by atoms with Crippen LogP contribution in [0.5, 0.6) is 0 Å². The van der Waals surface area contributed by atoms with Crippen molar-refractivity contribution < 1.29 is 0 Å². The maximum absolute atomic E-state index is 5.59. The first-order valence-corrected chi connectivity index (χ1v) is 3.91. The monoisotopic (exact) mass is 166 g/mol. The molecule has 0 unspecified atom stereocenters. The van der Waals surface area contributed by atoms with Gasteiger partial charge < -0.3 is 0 Å². The van der Waals surface area contributed by atoms with Crippen molar-refractivity contribution in [3.8, 4) is 0 Å². The van der Waals surface area contributed by atoms with Crippen molar-refractivity contribution in [2.75, 3.05) is 0 Å². The van der Waals surface area contributed by atoms with E-state index in [1.807, 2.05) is 11.4 Å². The third-order valence-electron chi connectivity index (χ3n) is 0.753. The highest BCUT2D eigenvalue weighted by Gasteiger charge is 1.92. The lowest BCUT2D eigenvalue weighted by molar-refractivity contribution is 1.53. The van der Waals surface area contributed by atoms with E-state index in [0.717, 1.165) is 9.90 Å². The minimum absolute atomic E-state index is 0.567. The Hall–Kier alpha value is 0.280. The van der Waals surface area contributed by atoms with Gasteiger partial charge in [-0.25, -0.2) is 0 Å². The zero-order chi connectivity index (χ0) is 5.98. The van der Waals surface area contributed by atoms with Gasteiger partial charge in [0.25, 0.3) is 0 Å². The van der Waals surface area contributed by atoms with E-state index in [-0.39, 0.29) is 0 Å². The van der Waals surface area contributed by atoms with Gasteiger partial charge in [0, 0.05) is 10.3 Å². The first kappa shape index (κ1) is 6.40. The lowest BCUT2D eigenvalue weighted by atomic mass is 10.5. The Labute approximate surface area is 62.0 Å². The molecule has 3 heteroatoms. The molecule has 0 aliphatic heterocycles. The summed E-state index contributed by atoms with van der Waals surface area (Å²) >= 11 is 12.7. The molecule has 0 atom stereocenters. The van der Waals surface area contributed by atoms with Crippen LogP contribution in [0.4, 0.5) is 0 Å². The standard InChI is InChI=1S/C5H4Cl2S/c6-2-5-1-4(7)3-8-5/h1,3H,2H2. The van der Waals surface area contributed by atoms with E-state index in [9.17, 15) is 0 Å². The normalized spacial score (nSPS) is 9.75.